The van der Waals surface area contributed by atoms with Gasteiger partial charge in [-0.15, -0.1) is 11.3 Å². The van der Waals surface area contributed by atoms with Gasteiger partial charge in [0.1, 0.15) is 22.7 Å². The second-order valence-electron chi connectivity index (χ2n) is 7.07. The molecule has 152 valence electrons. The van der Waals surface area contributed by atoms with Crippen molar-refractivity contribution in [3.05, 3.63) is 59.2 Å². The number of hydrogen-bond acceptors (Lipinski definition) is 6. The van der Waals surface area contributed by atoms with Crippen LogP contribution in [0.5, 0.6) is 5.75 Å². The van der Waals surface area contributed by atoms with Gasteiger partial charge in [-0.25, -0.2) is 9.97 Å². The molecule has 2 N–H and O–H groups in total. The molecule has 0 bridgehead atoms. The van der Waals surface area contributed by atoms with Crippen molar-refractivity contribution in [2.75, 3.05) is 17.7 Å². The second-order valence-corrected chi connectivity index (χ2v) is 7.93. The number of ether oxygens (including phenoxy) is 1. The minimum Gasteiger partial charge on any atom is -0.495 e. The van der Waals surface area contributed by atoms with Crippen LogP contribution >= 0.6 is 11.3 Å². The molecule has 4 aromatic rings. The minimum atomic E-state index is -0.162. The third-order valence-electron chi connectivity index (χ3n) is 4.96. The van der Waals surface area contributed by atoms with Crippen molar-refractivity contribution in [2.45, 2.75) is 20.8 Å². The number of carbonyl (C=O) groups is 1. The van der Waals surface area contributed by atoms with E-state index in [2.05, 4.69) is 58.0 Å². The standard InChI is InChI=1S/C23H22N4O2S/c1-13-5-6-16(9-14(13)2)18-11-30-23-21(18)22(24-12-25-23)27-17-7-8-20(29-4)19(10-17)26-15(3)28/h5-12H,1-4H3,(H,26,28)(H,24,25,27). The van der Waals surface area contributed by atoms with E-state index in [4.69, 9.17) is 4.74 Å². The minimum absolute atomic E-state index is 0.162. The van der Waals surface area contributed by atoms with Crippen molar-refractivity contribution in [1.82, 2.24) is 9.97 Å². The van der Waals surface area contributed by atoms with Crippen LogP contribution in [-0.2, 0) is 4.79 Å². The lowest BCUT2D eigenvalue weighted by molar-refractivity contribution is -0.114. The van der Waals surface area contributed by atoms with E-state index < -0.39 is 0 Å². The molecule has 0 spiro atoms. The molecule has 0 saturated heterocycles. The smallest absolute Gasteiger partial charge is 0.221 e. The lowest BCUT2D eigenvalue weighted by Gasteiger charge is -2.13. The Morgan fingerprint density at radius 3 is 2.63 bits per heavy atom. The predicted octanol–water partition coefficient (Wildman–Crippen LogP) is 5.69. The summed E-state index contributed by atoms with van der Waals surface area (Å²) in [5, 5.41) is 9.27. The number of benzene rings is 2. The first-order valence-corrected chi connectivity index (χ1v) is 10.4. The maximum atomic E-state index is 11.5. The number of aryl methyl sites for hydroxylation is 2. The number of fused-ring (bicyclic) bond motifs is 1. The number of amides is 1. The zero-order valence-corrected chi connectivity index (χ0v) is 18.1. The highest BCUT2D eigenvalue weighted by atomic mass is 32.1. The number of thiophene rings is 1. The Balaban J connectivity index is 1.78. The fraction of sp³-hybridized carbons (Fsp3) is 0.174. The van der Waals surface area contributed by atoms with Crippen molar-refractivity contribution in [1.29, 1.82) is 0 Å². The van der Waals surface area contributed by atoms with Gasteiger partial charge in [0.2, 0.25) is 5.91 Å². The Morgan fingerprint density at radius 2 is 1.90 bits per heavy atom. The van der Waals surface area contributed by atoms with E-state index >= 15 is 0 Å². The fourth-order valence-corrected chi connectivity index (χ4v) is 4.22. The summed E-state index contributed by atoms with van der Waals surface area (Å²) in [5.41, 5.74) is 6.12. The summed E-state index contributed by atoms with van der Waals surface area (Å²) in [5.74, 6) is 1.15. The van der Waals surface area contributed by atoms with E-state index in [0.717, 1.165) is 27.0 Å². The molecule has 30 heavy (non-hydrogen) atoms. The maximum absolute atomic E-state index is 11.5. The summed E-state index contributed by atoms with van der Waals surface area (Å²) in [6.07, 6.45) is 1.56. The Morgan fingerprint density at radius 1 is 1.07 bits per heavy atom. The summed E-state index contributed by atoms with van der Waals surface area (Å²) < 4.78 is 5.34. The van der Waals surface area contributed by atoms with Crippen LogP contribution in [0.15, 0.2) is 48.1 Å². The van der Waals surface area contributed by atoms with E-state index in [1.54, 1.807) is 24.8 Å². The first kappa shape index (κ1) is 19.8. The normalized spacial score (nSPS) is 10.8. The van der Waals surface area contributed by atoms with Crippen molar-refractivity contribution >= 4 is 44.7 Å². The van der Waals surface area contributed by atoms with Crippen LogP contribution < -0.4 is 15.4 Å². The van der Waals surface area contributed by atoms with Crippen LogP contribution in [0.1, 0.15) is 18.1 Å². The number of hydrogen-bond donors (Lipinski definition) is 2. The third kappa shape index (κ3) is 3.84. The van der Waals surface area contributed by atoms with Crippen molar-refractivity contribution in [2.24, 2.45) is 0 Å². The molecule has 2 heterocycles. The second kappa shape index (κ2) is 8.12. The van der Waals surface area contributed by atoms with Crippen molar-refractivity contribution in [3.63, 3.8) is 0 Å². The van der Waals surface area contributed by atoms with Crippen molar-refractivity contribution < 1.29 is 9.53 Å². The molecule has 0 aliphatic rings. The Hall–Kier alpha value is -3.45. The quantitative estimate of drug-likeness (QED) is 0.436. The zero-order valence-electron chi connectivity index (χ0n) is 17.2. The molecule has 0 fully saturated rings. The molecule has 0 unspecified atom stereocenters. The number of carbonyl (C=O) groups excluding carboxylic acids is 1. The topological polar surface area (TPSA) is 76.1 Å². The molecule has 7 heteroatoms. The van der Waals surface area contributed by atoms with Crippen molar-refractivity contribution in [3.8, 4) is 16.9 Å². The van der Waals surface area contributed by atoms with Gasteiger partial charge in [-0.2, -0.15) is 0 Å². The summed E-state index contributed by atoms with van der Waals surface area (Å²) in [6, 6.07) is 12.0. The lowest BCUT2D eigenvalue weighted by Crippen LogP contribution is -2.07. The molecule has 2 aromatic carbocycles. The zero-order chi connectivity index (χ0) is 21.3. The number of nitrogens with zero attached hydrogens (tertiary/aromatic N) is 2. The molecule has 6 nitrogen and oxygen atoms in total. The highest BCUT2D eigenvalue weighted by molar-refractivity contribution is 7.17. The Kier molecular flexibility index (Phi) is 5.37. The Labute approximate surface area is 179 Å². The van der Waals surface area contributed by atoms with Crippen LogP contribution in [0.3, 0.4) is 0 Å². The van der Waals surface area contributed by atoms with Crippen LogP contribution in [-0.4, -0.2) is 23.0 Å². The van der Waals surface area contributed by atoms with E-state index in [-0.39, 0.29) is 5.91 Å². The van der Waals surface area contributed by atoms with Crippen LogP contribution in [0.4, 0.5) is 17.2 Å². The molecule has 0 saturated carbocycles. The molecule has 0 atom stereocenters. The summed E-state index contributed by atoms with van der Waals surface area (Å²) in [7, 11) is 1.57. The largest absolute Gasteiger partial charge is 0.495 e. The summed E-state index contributed by atoms with van der Waals surface area (Å²) in [6.45, 7) is 5.69. The first-order chi connectivity index (χ1) is 14.5. The number of rotatable bonds is 5. The maximum Gasteiger partial charge on any atom is 0.221 e. The molecule has 1 amide bonds. The van der Waals surface area contributed by atoms with Gasteiger partial charge in [0.05, 0.1) is 18.2 Å². The predicted molar refractivity (Wildman–Crippen MR) is 123 cm³/mol. The van der Waals surface area contributed by atoms with Crippen LogP contribution in [0.2, 0.25) is 0 Å². The van der Waals surface area contributed by atoms with E-state index in [1.807, 2.05) is 18.2 Å². The number of anilines is 3. The summed E-state index contributed by atoms with van der Waals surface area (Å²) in [4.78, 5) is 21.4. The van der Waals surface area contributed by atoms with E-state index in [9.17, 15) is 4.79 Å². The fourth-order valence-electron chi connectivity index (χ4n) is 3.30. The lowest BCUT2D eigenvalue weighted by atomic mass is 10.0. The van der Waals surface area contributed by atoms with Gasteiger partial charge >= 0.3 is 0 Å². The molecule has 0 aliphatic heterocycles. The molecular formula is C23H22N4O2S. The highest BCUT2D eigenvalue weighted by Crippen LogP contribution is 2.38. The van der Waals surface area contributed by atoms with Gasteiger partial charge in [-0.1, -0.05) is 18.2 Å². The average molecular weight is 419 g/mol. The molecule has 4 rings (SSSR count). The number of methoxy groups -OCH3 is 1. The van der Waals surface area contributed by atoms with Gasteiger partial charge in [0, 0.05) is 23.6 Å². The Bertz CT molecular complexity index is 1250. The summed E-state index contributed by atoms with van der Waals surface area (Å²) >= 11 is 1.59. The first-order valence-electron chi connectivity index (χ1n) is 9.48. The van der Waals surface area contributed by atoms with Crippen LogP contribution in [0.25, 0.3) is 21.3 Å². The third-order valence-corrected chi connectivity index (χ3v) is 5.85. The van der Waals surface area contributed by atoms with E-state index in [0.29, 0.717) is 17.3 Å². The molecule has 0 radical (unpaired) electrons. The van der Waals surface area contributed by atoms with Gasteiger partial charge < -0.3 is 15.4 Å². The average Bonchev–Trinajstić information content (AvgIpc) is 3.15. The van der Waals surface area contributed by atoms with Gasteiger partial charge in [-0.3, -0.25) is 4.79 Å². The molecular weight excluding hydrogens is 396 g/mol. The molecule has 0 aliphatic carbocycles. The number of aromatic nitrogens is 2. The van der Waals surface area contributed by atoms with Crippen LogP contribution in [0, 0.1) is 13.8 Å². The van der Waals surface area contributed by atoms with Gasteiger partial charge in [-0.05, 0) is 48.7 Å². The molecule has 2 aromatic heterocycles. The highest BCUT2D eigenvalue weighted by Gasteiger charge is 2.15. The van der Waals surface area contributed by atoms with Gasteiger partial charge in [0.25, 0.3) is 0 Å². The van der Waals surface area contributed by atoms with E-state index in [1.165, 1.54) is 18.1 Å². The monoisotopic (exact) mass is 418 g/mol. The number of nitrogens with one attached hydrogen (secondary N) is 2. The SMILES string of the molecule is COc1ccc(Nc2ncnc3scc(-c4ccc(C)c(C)c4)c23)cc1NC(C)=O. The van der Waals surface area contributed by atoms with Gasteiger partial charge in [0.15, 0.2) is 0 Å².